The monoisotopic (exact) mass is 398 g/mol. The molecule has 4 N–H and O–H groups in total. The molecule has 1 atom stereocenters. The summed E-state index contributed by atoms with van der Waals surface area (Å²) in [5, 5.41) is 21.7. The molecule has 0 radical (unpaired) electrons. The second kappa shape index (κ2) is 7.51. The van der Waals surface area contributed by atoms with Crippen molar-refractivity contribution < 1.29 is 19.4 Å². The third-order valence-electron chi connectivity index (χ3n) is 5.05. The minimum absolute atomic E-state index is 0.0904. The normalized spacial score (nSPS) is 16.4. The zero-order valence-corrected chi connectivity index (χ0v) is 15.4. The first-order chi connectivity index (χ1) is 13.9. The Balaban J connectivity index is 1.50. The number of carboxylic acid groups (broad SMARTS) is 1. The van der Waals surface area contributed by atoms with Gasteiger partial charge in [-0.05, 0) is 30.2 Å². The molecule has 2 aromatic heterocycles. The summed E-state index contributed by atoms with van der Waals surface area (Å²) in [6.07, 6.45) is 1.87. The van der Waals surface area contributed by atoms with Gasteiger partial charge in [0.2, 0.25) is 5.43 Å². The van der Waals surface area contributed by atoms with Crippen molar-refractivity contribution in [3.63, 3.8) is 0 Å². The molecule has 29 heavy (non-hydrogen) atoms. The molecule has 3 heterocycles. The van der Waals surface area contributed by atoms with Crippen LogP contribution in [-0.2, 0) is 6.54 Å². The van der Waals surface area contributed by atoms with Crippen LogP contribution in [0.2, 0.25) is 0 Å². The van der Waals surface area contributed by atoms with E-state index in [1.807, 2.05) is 12.1 Å². The number of phenolic OH excluding ortho intramolecular Hbond substituents is 1. The third-order valence-corrected chi connectivity index (χ3v) is 5.05. The summed E-state index contributed by atoms with van der Waals surface area (Å²) < 4.78 is 14.7. The van der Waals surface area contributed by atoms with Crippen molar-refractivity contribution in [2.24, 2.45) is 0 Å². The van der Waals surface area contributed by atoms with Crippen molar-refractivity contribution in [2.75, 3.05) is 18.0 Å². The van der Waals surface area contributed by atoms with Crippen LogP contribution >= 0.6 is 0 Å². The molecule has 9 heteroatoms. The number of benzene rings is 1. The van der Waals surface area contributed by atoms with E-state index < -0.39 is 22.8 Å². The van der Waals surface area contributed by atoms with Crippen molar-refractivity contribution in [3.8, 4) is 5.75 Å². The van der Waals surface area contributed by atoms with Gasteiger partial charge in [-0.2, -0.15) is 0 Å². The van der Waals surface area contributed by atoms with Crippen LogP contribution < -0.4 is 15.6 Å². The fourth-order valence-electron chi connectivity index (χ4n) is 3.49. The van der Waals surface area contributed by atoms with Crippen LogP contribution in [0.5, 0.6) is 5.75 Å². The van der Waals surface area contributed by atoms with Crippen LogP contribution in [0.25, 0.3) is 11.0 Å². The van der Waals surface area contributed by atoms with E-state index in [9.17, 15) is 19.1 Å². The maximum Gasteiger partial charge on any atom is 0.341 e. The van der Waals surface area contributed by atoms with Gasteiger partial charge < -0.3 is 25.4 Å². The van der Waals surface area contributed by atoms with Crippen molar-refractivity contribution in [3.05, 3.63) is 63.7 Å². The number of aromatic carboxylic acids is 1. The number of H-pyrrole nitrogens is 1. The summed E-state index contributed by atoms with van der Waals surface area (Å²) >= 11 is 0. The van der Waals surface area contributed by atoms with E-state index in [-0.39, 0.29) is 28.6 Å². The molecule has 1 aliphatic rings. The lowest BCUT2D eigenvalue weighted by atomic mass is 10.2. The van der Waals surface area contributed by atoms with E-state index in [0.29, 0.717) is 19.6 Å². The van der Waals surface area contributed by atoms with Gasteiger partial charge in [0.05, 0.1) is 5.39 Å². The van der Waals surface area contributed by atoms with Crippen LogP contribution in [0.15, 0.2) is 41.3 Å². The van der Waals surface area contributed by atoms with Gasteiger partial charge in [-0.25, -0.2) is 14.2 Å². The minimum atomic E-state index is -1.38. The molecule has 1 aliphatic heterocycles. The smallest absolute Gasteiger partial charge is 0.341 e. The molecule has 0 bridgehead atoms. The van der Waals surface area contributed by atoms with Gasteiger partial charge in [-0.3, -0.25) is 4.79 Å². The van der Waals surface area contributed by atoms with E-state index in [2.05, 4.69) is 15.3 Å². The molecule has 0 aliphatic carbocycles. The second-order valence-electron chi connectivity index (χ2n) is 7.01. The number of hydrogen-bond donors (Lipinski definition) is 4. The number of hydrogen-bond acceptors (Lipinski definition) is 6. The number of aromatic hydroxyl groups is 1. The lowest BCUT2D eigenvalue weighted by Crippen LogP contribution is -2.32. The Kier molecular flexibility index (Phi) is 4.89. The van der Waals surface area contributed by atoms with Crippen LogP contribution in [0.4, 0.5) is 10.2 Å². The highest BCUT2D eigenvalue weighted by Gasteiger charge is 2.26. The molecule has 0 saturated carbocycles. The van der Waals surface area contributed by atoms with E-state index in [0.717, 1.165) is 24.2 Å². The van der Waals surface area contributed by atoms with Crippen LogP contribution in [0.1, 0.15) is 22.3 Å². The lowest BCUT2D eigenvalue weighted by Gasteiger charge is -2.19. The number of carboxylic acids is 1. The maximum absolute atomic E-state index is 14.7. The lowest BCUT2D eigenvalue weighted by molar-refractivity contribution is 0.0695. The first-order valence-corrected chi connectivity index (χ1v) is 9.14. The van der Waals surface area contributed by atoms with Gasteiger partial charge in [-0.15, -0.1) is 0 Å². The number of phenols is 1. The summed E-state index contributed by atoms with van der Waals surface area (Å²) in [5.74, 6) is -1.69. The molecule has 1 unspecified atom stereocenters. The van der Waals surface area contributed by atoms with Gasteiger partial charge in [0.1, 0.15) is 17.0 Å². The number of nitrogens with one attached hydrogen (secondary N) is 2. The predicted molar refractivity (Wildman–Crippen MR) is 105 cm³/mol. The number of rotatable bonds is 5. The SMILES string of the molecule is O=C(O)c1c[nH]c2nc(N3CCC(NCc4ccc(O)cc4)C3)c(F)cc2c1=O. The number of anilines is 1. The van der Waals surface area contributed by atoms with Crippen LogP contribution in [-0.4, -0.2) is 45.3 Å². The highest BCUT2D eigenvalue weighted by atomic mass is 19.1. The van der Waals surface area contributed by atoms with Crippen molar-refractivity contribution in [1.82, 2.24) is 15.3 Å². The number of nitrogens with zero attached hydrogens (tertiary/aromatic N) is 2. The summed E-state index contributed by atoms with van der Waals surface area (Å²) in [6.45, 7) is 1.77. The number of aromatic nitrogens is 2. The van der Waals surface area contributed by atoms with E-state index >= 15 is 0 Å². The highest BCUT2D eigenvalue weighted by molar-refractivity contribution is 5.91. The molecule has 0 amide bonds. The van der Waals surface area contributed by atoms with E-state index in [4.69, 9.17) is 5.11 Å². The molecule has 1 saturated heterocycles. The molecular weight excluding hydrogens is 379 g/mol. The Hall–Kier alpha value is -3.46. The topological polar surface area (TPSA) is 119 Å². The number of pyridine rings is 2. The van der Waals surface area contributed by atoms with Crippen molar-refractivity contribution in [2.45, 2.75) is 19.0 Å². The van der Waals surface area contributed by atoms with Gasteiger partial charge in [-0.1, -0.05) is 12.1 Å². The quantitative estimate of drug-likeness (QED) is 0.518. The van der Waals surface area contributed by atoms with Crippen molar-refractivity contribution >= 4 is 22.8 Å². The van der Waals surface area contributed by atoms with Gasteiger partial charge in [0.25, 0.3) is 0 Å². The Morgan fingerprint density at radius 3 is 2.83 bits per heavy atom. The molecule has 1 aromatic carbocycles. The number of fused-ring (bicyclic) bond motifs is 1. The van der Waals surface area contributed by atoms with Gasteiger partial charge in [0.15, 0.2) is 11.6 Å². The minimum Gasteiger partial charge on any atom is -0.508 e. The number of halogens is 1. The van der Waals surface area contributed by atoms with Gasteiger partial charge in [0, 0.05) is 31.9 Å². The molecule has 0 spiro atoms. The van der Waals surface area contributed by atoms with Crippen molar-refractivity contribution in [1.29, 1.82) is 0 Å². The molecule has 150 valence electrons. The van der Waals surface area contributed by atoms with Gasteiger partial charge >= 0.3 is 5.97 Å². The summed E-state index contributed by atoms with van der Waals surface area (Å²) in [6, 6.07) is 8.10. The molecule has 8 nitrogen and oxygen atoms in total. The Bertz CT molecular complexity index is 1130. The summed E-state index contributed by atoms with van der Waals surface area (Å²) in [4.78, 5) is 32.0. The fraction of sp³-hybridized carbons (Fsp3) is 0.250. The second-order valence-corrected chi connectivity index (χ2v) is 7.01. The third kappa shape index (κ3) is 3.77. The first-order valence-electron chi connectivity index (χ1n) is 9.14. The summed E-state index contributed by atoms with van der Waals surface area (Å²) in [5.41, 5.74) is -0.0369. The number of aromatic amines is 1. The largest absolute Gasteiger partial charge is 0.508 e. The fourth-order valence-corrected chi connectivity index (χ4v) is 3.49. The highest BCUT2D eigenvalue weighted by Crippen LogP contribution is 2.24. The zero-order valence-electron chi connectivity index (χ0n) is 15.4. The molecule has 3 aromatic rings. The Morgan fingerprint density at radius 1 is 1.34 bits per heavy atom. The van der Waals surface area contributed by atoms with E-state index in [1.54, 1.807) is 17.0 Å². The molecular formula is C20H19FN4O4. The maximum atomic E-state index is 14.7. The predicted octanol–water partition coefficient (Wildman–Crippen LogP) is 1.83. The van der Waals surface area contributed by atoms with E-state index in [1.165, 1.54) is 0 Å². The summed E-state index contributed by atoms with van der Waals surface area (Å²) in [7, 11) is 0. The Labute approximate surface area is 164 Å². The van der Waals surface area contributed by atoms with Crippen LogP contribution in [0.3, 0.4) is 0 Å². The zero-order chi connectivity index (χ0) is 20.5. The number of carbonyl (C=O) groups is 1. The first kappa shape index (κ1) is 18.9. The Morgan fingerprint density at radius 2 is 2.10 bits per heavy atom. The molecule has 4 rings (SSSR count). The average molecular weight is 398 g/mol. The average Bonchev–Trinajstić information content (AvgIpc) is 3.16. The molecule has 1 fully saturated rings. The van der Waals surface area contributed by atoms with Crippen LogP contribution in [0, 0.1) is 5.82 Å². The standard InChI is InChI=1S/C20H19FN4O4/c21-16-7-14-17(27)15(20(28)29)9-23-18(14)24-19(16)25-6-5-12(10-25)22-8-11-1-3-13(26)4-2-11/h1-4,7,9,12,22,26H,5-6,8,10H2,(H,28,29)(H,23,24,27).